The summed E-state index contributed by atoms with van der Waals surface area (Å²) in [5.74, 6) is -1.53. The van der Waals surface area contributed by atoms with Crippen LogP contribution in [-0.4, -0.2) is 21.5 Å². The predicted molar refractivity (Wildman–Crippen MR) is 76.9 cm³/mol. The van der Waals surface area contributed by atoms with E-state index < -0.39 is 17.4 Å². The Morgan fingerprint density at radius 3 is 2.52 bits per heavy atom. The van der Waals surface area contributed by atoms with Crippen molar-refractivity contribution in [1.82, 2.24) is 9.97 Å². The minimum Gasteiger partial charge on any atom is -0.546 e. The summed E-state index contributed by atoms with van der Waals surface area (Å²) in [6.45, 7) is 4.32. The topological polar surface area (TPSA) is 75.1 Å². The van der Waals surface area contributed by atoms with Crippen LogP contribution in [0.25, 0.3) is 11.3 Å². The normalized spacial score (nSPS) is 10.8. The van der Waals surface area contributed by atoms with Crippen LogP contribution in [0, 0.1) is 12.7 Å². The van der Waals surface area contributed by atoms with E-state index in [1.54, 1.807) is 13.0 Å². The Morgan fingerprint density at radius 2 is 1.96 bits per heavy atom. The van der Waals surface area contributed by atoms with Crippen LogP contribution in [0.5, 0.6) is 5.88 Å². The molecule has 1 aromatic heterocycles. The summed E-state index contributed by atoms with van der Waals surface area (Å²) in [5, 5.41) is 11.0. The van der Waals surface area contributed by atoms with E-state index in [-0.39, 0.29) is 40.5 Å². The van der Waals surface area contributed by atoms with Crippen LogP contribution in [0.4, 0.5) is 4.39 Å². The molecule has 0 spiro atoms. The standard InChI is InChI=1S/C15H14ClFN2O3.Na/c1-8-18-12(9-4-5-10(16)11(17)6-9)7-13(19-8)22-15(2,3)14(20)21;/h4-7H,1-3H3,(H,20,21);/q;+1/p-1. The van der Waals surface area contributed by atoms with Crippen molar-refractivity contribution in [1.29, 1.82) is 0 Å². The summed E-state index contributed by atoms with van der Waals surface area (Å²) in [6.07, 6.45) is 0. The van der Waals surface area contributed by atoms with Crippen molar-refractivity contribution in [2.24, 2.45) is 0 Å². The minimum atomic E-state index is -1.55. The minimum absolute atomic E-state index is 0. The average molecular weight is 347 g/mol. The van der Waals surface area contributed by atoms with Crippen molar-refractivity contribution >= 4 is 17.6 Å². The summed E-state index contributed by atoms with van der Waals surface area (Å²) < 4.78 is 18.9. The number of benzene rings is 1. The number of nitrogens with zero attached hydrogens (tertiary/aromatic N) is 2. The number of carboxylic acids is 1. The molecule has 0 amide bonds. The molecule has 0 fully saturated rings. The van der Waals surface area contributed by atoms with Gasteiger partial charge in [0.05, 0.1) is 16.7 Å². The quantitative estimate of drug-likeness (QED) is 0.675. The molecule has 8 heteroatoms. The molecule has 2 aromatic rings. The molecule has 0 saturated heterocycles. The fraction of sp³-hybridized carbons (Fsp3) is 0.267. The third kappa shape index (κ3) is 4.88. The monoisotopic (exact) mass is 346 g/mol. The van der Waals surface area contributed by atoms with E-state index in [9.17, 15) is 14.3 Å². The fourth-order valence-electron chi connectivity index (χ4n) is 1.70. The van der Waals surface area contributed by atoms with Gasteiger partial charge in [-0.1, -0.05) is 17.7 Å². The summed E-state index contributed by atoms with van der Waals surface area (Å²) >= 11 is 5.65. The molecule has 0 atom stereocenters. The summed E-state index contributed by atoms with van der Waals surface area (Å²) in [6, 6.07) is 5.67. The second kappa shape index (κ2) is 7.57. The van der Waals surface area contributed by atoms with Crippen molar-refractivity contribution in [3.05, 3.63) is 40.9 Å². The van der Waals surface area contributed by atoms with E-state index in [0.29, 0.717) is 17.1 Å². The first kappa shape index (κ1) is 19.8. The van der Waals surface area contributed by atoms with E-state index in [1.807, 2.05) is 0 Å². The molecule has 116 valence electrons. The third-order valence-corrected chi connectivity index (χ3v) is 3.19. The molecule has 0 aliphatic carbocycles. The number of carbonyl (C=O) groups excluding carboxylic acids is 1. The van der Waals surface area contributed by atoms with Crippen molar-refractivity contribution in [3.63, 3.8) is 0 Å². The number of hydrogen-bond acceptors (Lipinski definition) is 5. The van der Waals surface area contributed by atoms with Crippen LogP contribution in [0.15, 0.2) is 24.3 Å². The number of aliphatic carboxylic acids is 1. The van der Waals surface area contributed by atoms with E-state index in [1.165, 1.54) is 32.0 Å². The zero-order valence-corrected chi connectivity index (χ0v) is 15.9. The van der Waals surface area contributed by atoms with Crippen molar-refractivity contribution in [3.8, 4) is 17.1 Å². The van der Waals surface area contributed by atoms with Crippen LogP contribution in [0.1, 0.15) is 19.7 Å². The molecule has 1 heterocycles. The maximum Gasteiger partial charge on any atom is 1.00 e. The van der Waals surface area contributed by atoms with Gasteiger partial charge in [0.1, 0.15) is 17.2 Å². The predicted octanol–water partition coefficient (Wildman–Crippen LogP) is -0.844. The van der Waals surface area contributed by atoms with Crippen LogP contribution >= 0.6 is 11.6 Å². The molecule has 5 nitrogen and oxygen atoms in total. The van der Waals surface area contributed by atoms with Gasteiger partial charge in [-0.2, -0.15) is 4.98 Å². The Bertz CT molecular complexity index is 741. The first-order chi connectivity index (χ1) is 10.2. The fourth-order valence-corrected chi connectivity index (χ4v) is 1.82. The Kier molecular flexibility index (Phi) is 6.53. The molecule has 0 aliphatic rings. The molecular formula is C15H13ClFN2NaO3. The van der Waals surface area contributed by atoms with Gasteiger partial charge >= 0.3 is 29.6 Å². The largest absolute Gasteiger partial charge is 1.00 e. The van der Waals surface area contributed by atoms with Gasteiger partial charge in [-0.3, -0.25) is 0 Å². The first-order valence-corrected chi connectivity index (χ1v) is 6.78. The maximum absolute atomic E-state index is 13.6. The zero-order valence-electron chi connectivity index (χ0n) is 13.2. The van der Waals surface area contributed by atoms with Crippen molar-refractivity contribution < 1.29 is 48.6 Å². The average Bonchev–Trinajstić information content (AvgIpc) is 2.40. The third-order valence-electron chi connectivity index (χ3n) is 2.88. The van der Waals surface area contributed by atoms with Gasteiger partial charge in [0.25, 0.3) is 0 Å². The molecule has 0 N–H and O–H groups in total. The van der Waals surface area contributed by atoms with Gasteiger partial charge < -0.3 is 14.6 Å². The molecule has 23 heavy (non-hydrogen) atoms. The molecule has 0 radical (unpaired) electrons. The molecule has 0 unspecified atom stereocenters. The number of aromatic nitrogens is 2. The second-order valence-electron chi connectivity index (χ2n) is 5.17. The van der Waals surface area contributed by atoms with Crippen LogP contribution < -0.4 is 39.4 Å². The summed E-state index contributed by atoms with van der Waals surface area (Å²) in [7, 11) is 0. The maximum atomic E-state index is 13.6. The number of carbonyl (C=O) groups is 1. The van der Waals surface area contributed by atoms with E-state index >= 15 is 0 Å². The van der Waals surface area contributed by atoms with Gasteiger partial charge in [-0.25, -0.2) is 9.37 Å². The van der Waals surface area contributed by atoms with Crippen LogP contribution in [-0.2, 0) is 4.79 Å². The van der Waals surface area contributed by atoms with Gasteiger partial charge in [0, 0.05) is 11.6 Å². The molecule has 0 saturated carbocycles. The summed E-state index contributed by atoms with van der Waals surface area (Å²) in [4.78, 5) is 19.2. The first-order valence-electron chi connectivity index (χ1n) is 6.40. The van der Waals surface area contributed by atoms with E-state index in [0.717, 1.165) is 0 Å². The number of ether oxygens (including phenoxy) is 1. The molecule has 1 aromatic carbocycles. The number of aryl methyl sites for hydroxylation is 1. The molecule has 0 aliphatic heterocycles. The number of carboxylic acid groups (broad SMARTS) is 1. The number of hydrogen-bond donors (Lipinski definition) is 0. The van der Waals surface area contributed by atoms with Gasteiger partial charge in [0.2, 0.25) is 5.88 Å². The second-order valence-corrected chi connectivity index (χ2v) is 5.57. The Hall–Kier alpha value is -1.21. The van der Waals surface area contributed by atoms with E-state index in [2.05, 4.69) is 9.97 Å². The van der Waals surface area contributed by atoms with Crippen molar-refractivity contribution in [2.75, 3.05) is 0 Å². The molecule has 0 bridgehead atoms. The van der Waals surface area contributed by atoms with Gasteiger partial charge in [-0.05, 0) is 32.9 Å². The summed E-state index contributed by atoms with van der Waals surface area (Å²) in [5.41, 5.74) is -0.681. The van der Waals surface area contributed by atoms with Crippen molar-refractivity contribution in [2.45, 2.75) is 26.4 Å². The van der Waals surface area contributed by atoms with Crippen LogP contribution in [0.3, 0.4) is 0 Å². The Balaban J connectivity index is 0.00000264. The number of halogens is 2. The Labute approximate surface area is 160 Å². The number of rotatable bonds is 4. The smallest absolute Gasteiger partial charge is 0.546 e. The molecular weight excluding hydrogens is 334 g/mol. The van der Waals surface area contributed by atoms with E-state index in [4.69, 9.17) is 16.3 Å². The van der Waals surface area contributed by atoms with Gasteiger partial charge in [-0.15, -0.1) is 0 Å². The van der Waals surface area contributed by atoms with Gasteiger partial charge in [0.15, 0.2) is 0 Å². The zero-order chi connectivity index (χ0) is 16.5. The SMILES string of the molecule is Cc1nc(OC(C)(C)C(=O)[O-])cc(-c2ccc(Cl)c(F)c2)n1.[Na+]. The Morgan fingerprint density at radius 1 is 1.30 bits per heavy atom. The van der Waals surface area contributed by atoms with Crippen LogP contribution in [0.2, 0.25) is 5.02 Å². The molecule has 2 rings (SSSR count).